The Bertz CT molecular complexity index is 317. The lowest BCUT2D eigenvalue weighted by Crippen LogP contribution is -2.11. The third kappa shape index (κ3) is 16.3. The molecule has 0 spiro atoms. The summed E-state index contributed by atoms with van der Waals surface area (Å²) in [6, 6.07) is 0. The van der Waals surface area contributed by atoms with Crippen LogP contribution in [0.2, 0.25) is 0 Å². The van der Waals surface area contributed by atoms with Crippen molar-refractivity contribution in [2.75, 3.05) is 6.61 Å². The SMILES string of the molecule is CCCCCC[C@@H](O)CCC(C=O)CCCCCCCC(=O)OCC. The minimum Gasteiger partial charge on any atom is -0.466 e. The average molecular weight is 357 g/mol. The molecule has 0 saturated carbocycles. The summed E-state index contributed by atoms with van der Waals surface area (Å²) in [7, 11) is 0. The van der Waals surface area contributed by atoms with Crippen molar-refractivity contribution in [1.29, 1.82) is 0 Å². The zero-order chi connectivity index (χ0) is 18.8. The number of hydrogen-bond donors (Lipinski definition) is 1. The molecule has 1 unspecified atom stereocenters. The van der Waals surface area contributed by atoms with Crippen LogP contribution in [0.3, 0.4) is 0 Å². The first-order valence-electron chi connectivity index (χ1n) is 10.4. The summed E-state index contributed by atoms with van der Waals surface area (Å²) in [4.78, 5) is 22.4. The van der Waals surface area contributed by atoms with Crippen LogP contribution in [0.25, 0.3) is 0 Å². The minimum absolute atomic E-state index is 0.0878. The summed E-state index contributed by atoms with van der Waals surface area (Å²) < 4.78 is 4.90. The van der Waals surface area contributed by atoms with Crippen LogP contribution >= 0.6 is 0 Å². The molecule has 0 aliphatic heterocycles. The molecular weight excluding hydrogens is 316 g/mol. The van der Waals surface area contributed by atoms with Gasteiger partial charge in [0, 0.05) is 12.3 Å². The Kier molecular flexibility index (Phi) is 17.3. The van der Waals surface area contributed by atoms with Crippen molar-refractivity contribution in [2.24, 2.45) is 5.92 Å². The minimum atomic E-state index is -0.248. The summed E-state index contributed by atoms with van der Waals surface area (Å²) >= 11 is 0. The van der Waals surface area contributed by atoms with Crippen molar-refractivity contribution in [3.8, 4) is 0 Å². The maximum atomic E-state index is 11.2. The molecule has 2 atom stereocenters. The third-order valence-electron chi connectivity index (χ3n) is 4.72. The van der Waals surface area contributed by atoms with E-state index in [1.807, 2.05) is 6.92 Å². The molecule has 1 N–H and O–H groups in total. The summed E-state index contributed by atoms with van der Waals surface area (Å²) in [5.74, 6) is -0.0124. The molecule has 25 heavy (non-hydrogen) atoms. The van der Waals surface area contributed by atoms with E-state index in [9.17, 15) is 14.7 Å². The van der Waals surface area contributed by atoms with E-state index >= 15 is 0 Å². The Morgan fingerprint density at radius 2 is 1.52 bits per heavy atom. The quantitative estimate of drug-likeness (QED) is 0.208. The van der Waals surface area contributed by atoms with Crippen LogP contribution in [0.4, 0.5) is 0 Å². The van der Waals surface area contributed by atoms with Crippen molar-refractivity contribution < 1.29 is 19.4 Å². The van der Waals surface area contributed by atoms with Crippen molar-refractivity contribution in [3.05, 3.63) is 0 Å². The molecule has 4 heteroatoms. The van der Waals surface area contributed by atoms with E-state index in [0.29, 0.717) is 13.0 Å². The van der Waals surface area contributed by atoms with Gasteiger partial charge in [-0.15, -0.1) is 0 Å². The van der Waals surface area contributed by atoms with Gasteiger partial charge < -0.3 is 14.6 Å². The van der Waals surface area contributed by atoms with Gasteiger partial charge in [0.15, 0.2) is 0 Å². The number of aliphatic hydroxyl groups is 1. The van der Waals surface area contributed by atoms with Crippen molar-refractivity contribution >= 4 is 12.3 Å². The number of carbonyl (C=O) groups excluding carboxylic acids is 2. The van der Waals surface area contributed by atoms with E-state index in [4.69, 9.17) is 4.74 Å². The average Bonchev–Trinajstić information content (AvgIpc) is 2.60. The molecule has 0 aromatic carbocycles. The molecule has 0 bridgehead atoms. The lowest BCUT2D eigenvalue weighted by atomic mass is 9.94. The van der Waals surface area contributed by atoms with Gasteiger partial charge in [-0.3, -0.25) is 4.79 Å². The molecule has 148 valence electrons. The van der Waals surface area contributed by atoms with Crippen LogP contribution in [-0.4, -0.2) is 30.1 Å². The van der Waals surface area contributed by atoms with Crippen molar-refractivity contribution in [2.45, 2.75) is 110 Å². The molecular formula is C21H40O4. The third-order valence-corrected chi connectivity index (χ3v) is 4.72. The first kappa shape index (κ1) is 24.1. The molecule has 0 aromatic heterocycles. The van der Waals surface area contributed by atoms with Crippen molar-refractivity contribution in [3.63, 3.8) is 0 Å². The van der Waals surface area contributed by atoms with Gasteiger partial charge in [-0.25, -0.2) is 0 Å². The standard InChI is InChI=1S/C21H40O4/c1-3-5-6-11-14-20(23)17-16-19(18-22)13-10-8-7-9-12-15-21(24)25-4-2/h18-20,23H,3-17H2,1-2H3/t19?,20-/m1/s1. The number of carbonyl (C=O) groups is 2. The number of hydrogen-bond acceptors (Lipinski definition) is 4. The highest BCUT2D eigenvalue weighted by Crippen LogP contribution is 2.18. The monoisotopic (exact) mass is 356 g/mol. The highest BCUT2D eigenvalue weighted by atomic mass is 16.5. The number of unbranched alkanes of at least 4 members (excludes halogenated alkanes) is 7. The van der Waals surface area contributed by atoms with Gasteiger partial charge in [0.2, 0.25) is 0 Å². The van der Waals surface area contributed by atoms with E-state index in [-0.39, 0.29) is 18.0 Å². The second kappa shape index (κ2) is 17.9. The summed E-state index contributed by atoms with van der Waals surface area (Å²) in [5.41, 5.74) is 0. The molecule has 0 amide bonds. The highest BCUT2D eigenvalue weighted by molar-refractivity contribution is 5.69. The highest BCUT2D eigenvalue weighted by Gasteiger charge is 2.11. The Morgan fingerprint density at radius 1 is 0.880 bits per heavy atom. The van der Waals surface area contributed by atoms with Gasteiger partial charge in [-0.05, 0) is 39.0 Å². The Morgan fingerprint density at radius 3 is 2.20 bits per heavy atom. The molecule has 0 heterocycles. The predicted octanol–water partition coefficient (Wildman–Crippen LogP) is 5.21. The molecule has 0 aliphatic rings. The molecule has 0 radical (unpaired) electrons. The molecule has 0 rings (SSSR count). The lowest BCUT2D eigenvalue weighted by Gasteiger charge is -2.14. The van der Waals surface area contributed by atoms with Crippen LogP contribution in [0.1, 0.15) is 104 Å². The molecule has 0 aromatic rings. The fraction of sp³-hybridized carbons (Fsp3) is 0.905. The fourth-order valence-corrected chi connectivity index (χ4v) is 3.08. The lowest BCUT2D eigenvalue weighted by molar-refractivity contribution is -0.143. The topological polar surface area (TPSA) is 63.6 Å². The van der Waals surface area contributed by atoms with Gasteiger partial charge in [0.25, 0.3) is 0 Å². The number of rotatable bonds is 18. The maximum absolute atomic E-state index is 11.2. The number of aliphatic hydroxyl groups excluding tert-OH is 1. The first-order chi connectivity index (χ1) is 12.1. The number of ether oxygens (including phenoxy) is 1. The van der Waals surface area contributed by atoms with E-state index in [1.165, 1.54) is 19.3 Å². The van der Waals surface area contributed by atoms with E-state index in [1.54, 1.807) is 0 Å². The second-order valence-corrected chi connectivity index (χ2v) is 7.09. The fourth-order valence-electron chi connectivity index (χ4n) is 3.08. The smallest absolute Gasteiger partial charge is 0.305 e. The van der Waals surface area contributed by atoms with Gasteiger partial charge >= 0.3 is 5.97 Å². The van der Waals surface area contributed by atoms with E-state index < -0.39 is 0 Å². The van der Waals surface area contributed by atoms with Crippen LogP contribution < -0.4 is 0 Å². The summed E-state index contributed by atoms with van der Waals surface area (Å²) in [6.07, 6.45) is 14.6. The predicted molar refractivity (Wildman–Crippen MR) is 103 cm³/mol. The molecule has 0 fully saturated rings. The Hall–Kier alpha value is -0.900. The second-order valence-electron chi connectivity index (χ2n) is 7.09. The Labute approximate surface area is 154 Å². The first-order valence-corrected chi connectivity index (χ1v) is 10.4. The van der Waals surface area contributed by atoms with Crippen LogP contribution in [0, 0.1) is 5.92 Å². The molecule has 0 aliphatic carbocycles. The summed E-state index contributed by atoms with van der Waals surface area (Å²) in [6.45, 7) is 4.47. The van der Waals surface area contributed by atoms with Gasteiger partial charge in [0.1, 0.15) is 6.29 Å². The number of esters is 1. The zero-order valence-electron chi connectivity index (χ0n) is 16.5. The van der Waals surface area contributed by atoms with Crippen molar-refractivity contribution in [1.82, 2.24) is 0 Å². The summed E-state index contributed by atoms with van der Waals surface area (Å²) in [5, 5.41) is 9.99. The van der Waals surface area contributed by atoms with Gasteiger partial charge in [-0.1, -0.05) is 58.3 Å². The largest absolute Gasteiger partial charge is 0.466 e. The zero-order valence-corrected chi connectivity index (χ0v) is 16.5. The molecule has 4 nitrogen and oxygen atoms in total. The normalized spacial score (nSPS) is 13.4. The van der Waals surface area contributed by atoms with Crippen LogP contribution in [0.5, 0.6) is 0 Å². The van der Waals surface area contributed by atoms with Gasteiger partial charge in [0.05, 0.1) is 12.7 Å². The molecule has 0 saturated heterocycles. The van der Waals surface area contributed by atoms with Crippen LogP contribution in [0.15, 0.2) is 0 Å². The number of aldehydes is 1. The van der Waals surface area contributed by atoms with Gasteiger partial charge in [-0.2, -0.15) is 0 Å². The van der Waals surface area contributed by atoms with E-state index in [0.717, 1.165) is 70.5 Å². The Balaban J connectivity index is 3.55. The van der Waals surface area contributed by atoms with Crippen LogP contribution in [-0.2, 0) is 14.3 Å². The maximum Gasteiger partial charge on any atom is 0.305 e. The van der Waals surface area contributed by atoms with E-state index in [2.05, 4.69) is 6.92 Å².